The maximum Gasteiger partial charge on any atom is 0.111 e. The molecule has 66 heavy (non-hydrogen) atoms. The summed E-state index contributed by atoms with van der Waals surface area (Å²) in [6.45, 7) is 6.71. The van der Waals surface area contributed by atoms with Gasteiger partial charge in [-0.2, -0.15) is 0 Å². The monoisotopic (exact) mass is 939 g/mol. The molecule has 0 radical (unpaired) electrons. The molecule has 0 saturated carbocycles. The van der Waals surface area contributed by atoms with Crippen LogP contribution >= 0.6 is 0 Å². The van der Waals surface area contributed by atoms with Gasteiger partial charge in [0.05, 0.1) is 12.2 Å². The molecule has 0 aliphatic heterocycles. The van der Waals surface area contributed by atoms with Crippen molar-refractivity contribution in [2.75, 3.05) is 13.2 Å². The number of aliphatic hydroxyl groups is 5. The maximum absolute atomic E-state index is 11.9. The highest BCUT2D eigenvalue weighted by molar-refractivity contribution is 4.96. The molecule has 0 heterocycles. The summed E-state index contributed by atoms with van der Waals surface area (Å²) >= 11 is 0. The number of ether oxygens (including phenoxy) is 1. The van der Waals surface area contributed by atoms with Crippen LogP contribution in [0.25, 0.3) is 0 Å². The van der Waals surface area contributed by atoms with Crippen LogP contribution in [0.1, 0.15) is 342 Å². The number of unbranched alkanes of at least 4 members (excludes halogenated alkanes) is 45. The van der Waals surface area contributed by atoms with Gasteiger partial charge in [0.2, 0.25) is 0 Å². The largest absolute Gasteiger partial charge is 0.394 e. The van der Waals surface area contributed by atoms with Crippen LogP contribution < -0.4 is 0 Å². The second-order valence-corrected chi connectivity index (χ2v) is 21.5. The van der Waals surface area contributed by atoms with Crippen molar-refractivity contribution in [2.24, 2.45) is 0 Å². The number of hydrogen-bond acceptors (Lipinski definition) is 6. The molecule has 0 spiro atoms. The van der Waals surface area contributed by atoms with E-state index in [4.69, 9.17) is 4.74 Å². The maximum atomic E-state index is 11.9. The molecule has 398 valence electrons. The Kier molecular flexibility index (Phi) is 52.4. The fourth-order valence-electron chi connectivity index (χ4n) is 10.4. The van der Waals surface area contributed by atoms with Crippen LogP contribution in [-0.4, -0.2) is 68.8 Å². The van der Waals surface area contributed by atoms with Gasteiger partial charge in [-0.25, -0.2) is 0 Å². The third-order valence-electron chi connectivity index (χ3n) is 15.1. The minimum Gasteiger partial charge on any atom is -0.394 e. The normalized spacial score (nSPS) is 14.0. The molecule has 0 saturated heterocycles. The molecule has 0 aromatic rings. The standard InChI is InChI=1S/C60H122O6/c1-4-7-10-13-16-19-22-25-28-31-34-37-40-43-46-49-52-60(59(65)58(64)57(63)56(62)55-61,53-50-47-44-41-38-35-32-29-26-23-20-17-14-11-8-5-2)66-54-51-48-45-42-39-36-33-30-27-24-21-18-15-12-9-6-3/h56-59,61-65H,4-55H2,1-3H3. The van der Waals surface area contributed by atoms with Crippen molar-refractivity contribution in [1.29, 1.82) is 0 Å². The lowest BCUT2D eigenvalue weighted by Gasteiger charge is -2.42. The van der Waals surface area contributed by atoms with Crippen LogP contribution in [-0.2, 0) is 4.74 Å². The minimum atomic E-state index is -1.64. The summed E-state index contributed by atoms with van der Waals surface area (Å²) in [5.41, 5.74) is -0.989. The van der Waals surface area contributed by atoms with Crippen LogP contribution in [0.15, 0.2) is 0 Å². The van der Waals surface area contributed by atoms with Gasteiger partial charge in [-0.1, -0.05) is 323 Å². The molecular formula is C60H122O6. The Balaban J connectivity index is 5.00. The first-order valence-corrected chi connectivity index (χ1v) is 30.4. The van der Waals surface area contributed by atoms with Gasteiger partial charge in [-0.3, -0.25) is 0 Å². The first-order chi connectivity index (χ1) is 32.4. The third-order valence-corrected chi connectivity index (χ3v) is 15.1. The van der Waals surface area contributed by atoms with Gasteiger partial charge in [0.1, 0.15) is 24.4 Å². The molecule has 0 aliphatic carbocycles. The molecule has 0 bridgehead atoms. The molecule has 5 N–H and O–H groups in total. The highest BCUT2D eigenvalue weighted by Crippen LogP contribution is 2.34. The van der Waals surface area contributed by atoms with E-state index in [1.54, 1.807) is 0 Å². The summed E-state index contributed by atoms with van der Waals surface area (Å²) in [7, 11) is 0. The van der Waals surface area contributed by atoms with Crippen molar-refractivity contribution in [3.63, 3.8) is 0 Å². The van der Waals surface area contributed by atoms with E-state index in [-0.39, 0.29) is 0 Å². The van der Waals surface area contributed by atoms with E-state index in [1.165, 1.54) is 257 Å². The Bertz CT molecular complexity index is 864. The molecule has 0 rings (SSSR count). The SMILES string of the molecule is CCCCCCCCCCCCCCCCCCOC(CCCCCCCCCCCCCCCCCC)(CCCCCCCCCCCCCCCCCC)C(O)C(O)C(O)C(O)CO. The van der Waals surface area contributed by atoms with Crippen LogP contribution in [0.4, 0.5) is 0 Å². The quantitative estimate of drug-likeness (QED) is 0.0389. The van der Waals surface area contributed by atoms with Crippen molar-refractivity contribution in [2.45, 2.75) is 372 Å². The fraction of sp³-hybridized carbons (Fsp3) is 1.00. The van der Waals surface area contributed by atoms with Crippen LogP contribution in [0.3, 0.4) is 0 Å². The Labute approximate surface area is 413 Å². The second kappa shape index (κ2) is 52.6. The van der Waals surface area contributed by atoms with Gasteiger partial charge in [0, 0.05) is 6.61 Å². The Morgan fingerprint density at radius 3 is 0.727 bits per heavy atom. The van der Waals surface area contributed by atoms with Crippen molar-refractivity contribution in [1.82, 2.24) is 0 Å². The summed E-state index contributed by atoms with van der Waals surface area (Å²) in [5, 5.41) is 53.8. The Morgan fingerprint density at radius 1 is 0.288 bits per heavy atom. The van der Waals surface area contributed by atoms with Crippen molar-refractivity contribution < 1.29 is 30.3 Å². The molecule has 6 heteroatoms. The molecule has 0 aromatic carbocycles. The third kappa shape index (κ3) is 41.5. The summed E-state index contributed by atoms with van der Waals surface area (Å²) in [5.74, 6) is 0. The predicted molar refractivity (Wildman–Crippen MR) is 288 cm³/mol. The molecular weight excluding hydrogens is 817 g/mol. The molecule has 0 aliphatic rings. The lowest BCUT2D eigenvalue weighted by molar-refractivity contribution is -0.198. The highest BCUT2D eigenvalue weighted by Gasteiger charge is 2.45. The molecule has 4 atom stereocenters. The van der Waals surface area contributed by atoms with E-state index >= 15 is 0 Å². The van der Waals surface area contributed by atoms with Crippen molar-refractivity contribution in [3.05, 3.63) is 0 Å². The second-order valence-electron chi connectivity index (χ2n) is 21.5. The van der Waals surface area contributed by atoms with E-state index in [0.717, 1.165) is 51.4 Å². The van der Waals surface area contributed by atoms with Crippen LogP contribution in [0.2, 0.25) is 0 Å². The van der Waals surface area contributed by atoms with E-state index in [0.29, 0.717) is 19.4 Å². The van der Waals surface area contributed by atoms with E-state index in [1.807, 2.05) is 0 Å². The molecule has 6 nitrogen and oxygen atoms in total. The van der Waals surface area contributed by atoms with Crippen LogP contribution in [0.5, 0.6) is 0 Å². The van der Waals surface area contributed by atoms with Crippen LogP contribution in [0, 0.1) is 0 Å². The van der Waals surface area contributed by atoms with E-state index in [2.05, 4.69) is 20.8 Å². The number of rotatable bonds is 57. The van der Waals surface area contributed by atoms with Gasteiger partial charge < -0.3 is 30.3 Å². The molecule has 0 aromatic heterocycles. The summed E-state index contributed by atoms with van der Waals surface area (Å²) in [6, 6.07) is 0. The van der Waals surface area contributed by atoms with Gasteiger partial charge in [0.25, 0.3) is 0 Å². The van der Waals surface area contributed by atoms with E-state index in [9.17, 15) is 25.5 Å². The summed E-state index contributed by atoms with van der Waals surface area (Å²) < 4.78 is 6.78. The average molecular weight is 940 g/mol. The lowest BCUT2D eigenvalue weighted by Crippen LogP contribution is -2.57. The Hall–Kier alpha value is -0.240. The topological polar surface area (TPSA) is 110 Å². The summed E-state index contributed by atoms with van der Waals surface area (Å²) in [6.07, 6.45) is 57.7. The zero-order chi connectivity index (χ0) is 48.3. The summed E-state index contributed by atoms with van der Waals surface area (Å²) in [4.78, 5) is 0. The first-order valence-electron chi connectivity index (χ1n) is 30.4. The lowest BCUT2D eigenvalue weighted by atomic mass is 9.80. The van der Waals surface area contributed by atoms with Crippen molar-refractivity contribution in [3.8, 4) is 0 Å². The number of hydrogen-bond donors (Lipinski definition) is 5. The average Bonchev–Trinajstić information content (AvgIpc) is 3.33. The zero-order valence-corrected chi connectivity index (χ0v) is 45.2. The van der Waals surface area contributed by atoms with Gasteiger partial charge >= 0.3 is 0 Å². The highest BCUT2D eigenvalue weighted by atomic mass is 16.5. The number of aliphatic hydroxyl groups excluding tert-OH is 5. The Morgan fingerprint density at radius 2 is 0.500 bits per heavy atom. The van der Waals surface area contributed by atoms with Gasteiger partial charge in [-0.05, 0) is 19.3 Å². The fourth-order valence-corrected chi connectivity index (χ4v) is 10.4. The first kappa shape index (κ1) is 65.8. The van der Waals surface area contributed by atoms with Crippen molar-refractivity contribution >= 4 is 0 Å². The molecule has 0 amide bonds. The minimum absolute atomic E-state index is 0.526. The molecule has 0 fully saturated rings. The van der Waals surface area contributed by atoms with E-state index < -0.39 is 36.6 Å². The van der Waals surface area contributed by atoms with Gasteiger partial charge in [-0.15, -0.1) is 0 Å². The smallest absolute Gasteiger partial charge is 0.111 e. The zero-order valence-electron chi connectivity index (χ0n) is 45.2. The van der Waals surface area contributed by atoms with Gasteiger partial charge in [0.15, 0.2) is 0 Å². The predicted octanol–water partition coefficient (Wildman–Crippen LogP) is 17.7. The molecule has 4 unspecified atom stereocenters.